The van der Waals surface area contributed by atoms with Gasteiger partial charge in [0.1, 0.15) is 5.75 Å². The molecule has 5 nitrogen and oxygen atoms in total. The topological polar surface area (TPSA) is 64.6 Å². The molecule has 1 N–H and O–H groups in total. The highest BCUT2D eigenvalue weighted by Gasteiger charge is 2.15. The zero-order valence-electron chi connectivity index (χ0n) is 12.8. The summed E-state index contributed by atoms with van der Waals surface area (Å²) >= 11 is 11.8. The molecule has 0 aromatic heterocycles. The summed E-state index contributed by atoms with van der Waals surface area (Å²) in [6, 6.07) is 11.9. The fourth-order valence-corrected chi connectivity index (χ4v) is 2.28. The summed E-state index contributed by atoms with van der Waals surface area (Å²) in [5.41, 5.74) is 0.983. The van der Waals surface area contributed by atoms with Crippen LogP contribution < -0.4 is 10.1 Å². The Morgan fingerprint density at radius 3 is 2.62 bits per heavy atom. The summed E-state index contributed by atoms with van der Waals surface area (Å²) in [6.45, 7) is -0.114. The average Bonchev–Trinajstić information content (AvgIpc) is 2.60. The van der Waals surface area contributed by atoms with Crippen molar-refractivity contribution in [2.75, 3.05) is 13.7 Å². The molecule has 2 aromatic carbocycles. The van der Waals surface area contributed by atoms with E-state index >= 15 is 0 Å². The molecule has 0 saturated heterocycles. The van der Waals surface area contributed by atoms with Gasteiger partial charge in [0.05, 0.1) is 22.7 Å². The SMILES string of the molecule is COc1cccc(CNC(=O)COC(=O)c2cccc(Cl)c2Cl)c1. The average molecular weight is 368 g/mol. The maximum atomic E-state index is 11.9. The van der Waals surface area contributed by atoms with Gasteiger partial charge in [0.25, 0.3) is 5.91 Å². The third-order valence-corrected chi connectivity index (χ3v) is 3.95. The van der Waals surface area contributed by atoms with Crippen molar-refractivity contribution in [2.45, 2.75) is 6.54 Å². The van der Waals surface area contributed by atoms with E-state index < -0.39 is 18.5 Å². The first kappa shape index (κ1) is 18.1. The minimum absolute atomic E-state index is 0.0981. The molecular formula is C17H15Cl2NO4. The maximum absolute atomic E-state index is 11.9. The molecule has 0 saturated carbocycles. The fraction of sp³-hybridized carbons (Fsp3) is 0.176. The maximum Gasteiger partial charge on any atom is 0.340 e. The Kier molecular flexibility index (Phi) is 6.46. The van der Waals surface area contributed by atoms with Gasteiger partial charge in [-0.1, -0.05) is 41.4 Å². The van der Waals surface area contributed by atoms with Gasteiger partial charge in [0, 0.05) is 6.54 Å². The Balaban J connectivity index is 1.84. The van der Waals surface area contributed by atoms with Crippen LogP contribution in [0.4, 0.5) is 0 Å². The van der Waals surface area contributed by atoms with E-state index in [-0.39, 0.29) is 15.6 Å². The number of hydrogen-bond acceptors (Lipinski definition) is 4. The summed E-state index contributed by atoms with van der Waals surface area (Å²) in [6.07, 6.45) is 0. The lowest BCUT2D eigenvalue weighted by Crippen LogP contribution is -2.28. The monoisotopic (exact) mass is 367 g/mol. The van der Waals surface area contributed by atoms with E-state index in [2.05, 4.69) is 5.32 Å². The lowest BCUT2D eigenvalue weighted by atomic mass is 10.2. The van der Waals surface area contributed by atoms with Gasteiger partial charge in [0.15, 0.2) is 6.61 Å². The van der Waals surface area contributed by atoms with Crippen molar-refractivity contribution in [1.29, 1.82) is 0 Å². The predicted octanol–water partition coefficient (Wildman–Crippen LogP) is 3.48. The van der Waals surface area contributed by atoms with E-state index in [4.69, 9.17) is 32.7 Å². The predicted molar refractivity (Wildman–Crippen MR) is 91.6 cm³/mol. The van der Waals surface area contributed by atoms with E-state index in [1.165, 1.54) is 6.07 Å². The van der Waals surface area contributed by atoms with Gasteiger partial charge in [-0.15, -0.1) is 0 Å². The van der Waals surface area contributed by atoms with Gasteiger partial charge in [-0.2, -0.15) is 0 Å². The molecule has 0 aliphatic heterocycles. The van der Waals surface area contributed by atoms with Crippen LogP contribution in [0.5, 0.6) is 5.75 Å². The summed E-state index contributed by atoms with van der Waals surface area (Å²) in [7, 11) is 1.57. The number of ether oxygens (including phenoxy) is 2. The molecule has 0 aliphatic rings. The second-order valence-electron chi connectivity index (χ2n) is 4.81. The molecule has 0 unspecified atom stereocenters. The highest BCUT2D eigenvalue weighted by atomic mass is 35.5. The van der Waals surface area contributed by atoms with Crippen molar-refractivity contribution in [3.8, 4) is 5.75 Å². The van der Waals surface area contributed by atoms with Gasteiger partial charge in [0.2, 0.25) is 0 Å². The van der Waals surface area contributed by atoms with Crippen LogP contribution in [-0.2, 0) is 16.1 Å². The molecule has 2 rings (SSSR count). The molecule has 0 fully saturated rings. The van der Waals surface area contributed by atoms with Crippen LogP contribution in [0, 0.1) is 0 Å². The van der Waals surface area contributed by atoms with Crippen molar-refractivity contribution in [3.05, 3.63) is 63.6 Å². The van der Waals surface area contributed by atoms with Crippen LogP contribution in [0.25, 0.3) is 0 Å². The Bertz CT molecular complexity index is 749. The number of hydrogen-bond donors (Lipinski definition) is 1. The van der Waals surface area contributed by atoms with E-state index in [0.717, 1.165) is 5.56 Å². The standard InChI is InChI=1S/C17H15Cl2NO4/c1-23-12-5-2-4-11(8-12)9-20-15(21)10-24-17(22)13-6-3-7-14(18)16(13)19/h2-8H,9-10H2,1H3,(H,20,21). The van der Waals surface area contributed by atoms with Gasteiger partial charge < -0.3 is 14.8 Å². The van der Waals surface area contributed by atoms with Crippen LogP contribution in [-0.4, -0.2) is 25.6 Å². The number of benzene rings is 2. The third-order valence-electron chi connectivity index (χ3n) is 3.13. The number of esters is 1. The number of halogens is 2. The van der Waals surface area contributed by atoms with Crippen LogP contribution in [0.1, 0.15) is 15.9 Å². The molecule has 0 radical (unpaired) electrons. The number of amides is 1. The highest BCUT2D eigenvalue weighted by Crippen LogP contribution is 2.25. The van der Waals surface area contributed by atoms with Crippen molar-refractivity contribution >= 4 is 35.1 Å². The molecule has 1 amide bonds. The number of rotatable bonds is 6. The second kappa shape index (κ2) is 8.57. The first-order chi connectivity index (χ1) is 11.5. The summed E-state index contributed by atoms with van der Waals surface area (Å²) < 4.78 is 10.0. The molecule has 126 valence electrons. The first-order valence-corrected chi connectivity index (χ1v) is 7.77. The first-order valence-electron chi connectivity index (χ1n) is 7.02. The largest absolute Gasteiger partial charge is 0.497 e. The van der Waals surface area contributed by atoms with Gasteiger partial charge in [-0.05, 0) is 29.8 Å². The van der Waals surface area contributed by atoms with Crippen molar-refractivity contribution < 1.29 is 19.1 Å². The lowest BCUT2D eigenvalue weighted by Gasteiger charge is -2.09. The van der Waals surface area contributed by atoms with E-state index in [1.807, 2.05) is 18.2 Å². The Labute approximate surface area is 149 Å². The molecule has 0 spiro atoms. The zero-order valence-corrected chi connectivity index (χ0v) is 14.4. The second-order valence-corrected chi connectivity index (χ2v) is 5.59. The van der Waals surface area contributed by atoms with Crippen molar-refractivity contribution in [2.24, 2.45) is 0 Å². The van der Waals surface area contributed by atoms with E-state index in [1.54, 1.807) is 25.3 Å². The molecule has 0 atom stereocenters. The molecule has 0 bridgehead atoms. The molecular weight excluding hydrogens is 353 g/mol. The normalized spacial score (nSPS) is 10.1. The van der Waals surface area contributed by atoms with Gasteiger partial charge in [-0.3, -0.25) is 4.79 Å². The van der Waals surface area contributed by atoms with Gasteiger partial charge >= 0.3 is 5.97 Å². The number of carbonyl (C=O) groups excluding carboxylic acids is 2. The quantitative estimate of drug-likeness (QED) is 0.793. The Hall–Kier alpha value is -2.24. The molecule has 0 aliphatic carbocycles. The minimum Gasteiger partial charge on any atom is -0.497 e. The number of methoxy groups -OCH3 is 1. The lowest BCUT2D eigenvalue weighted by molar-refractivity contribution is -0.124. The highest BCUT2D eigenvalue weighted by molar-refractivity contribution is 6.43. The fourth-order valence-electron chi connectivity index (χ4n) is 1.90. The van der Waals surface area contributed by atoms with E-state index in [9.17, 15) is 9.59 Å². The van der Waals surface area contributed by atoms with Crippen molar-refractivity contribution in [3.63, 3.8) is 0 Å². The molecule has 0 heterocycles. The van der Waals surface area contributed by atoms with Crippen LogP contribution >= 0.6 is 23.2 Å². The molecule has 7 heteroatoms. The Morgan fingerprint density at radius 1 is 1.12 bits per heavy atom. The number of carbonyl (C=O) groups is 2. The van der Waals surface area contributed by atoms with Crippen LogP contribution in [0.3, 0.4) is 0 Å². The molecule has 2 aromatic rings. The van der Waals surface area contributed by atoms with Crippen LogP contribution in [0.2, 0.25) is 10.0 Å². The van der Waals surface area contributed by atoms with Crippen LogP contribution in [0.15, 0.2) is 42.5 Å². The van der Waals surface area contributed by atoms with Gasteiger partial charge in [-0.25, -0.2) is 4.79 Å². The zero-order chi connectivity index (χ0) is 17.5. The smallest absolute Gasteiger partial charge is 0.340 e. The summed E-state index contributed by atoms with van der Waals surface area (Å²) in [4.78, 5) is 23.7. The summed E-state index contributed by atoms with van der Waals surface area (Å²) in [5, 5.41) is 2.99. The minimum atomic E-state index is -0.709. The third kappa shape index (κ3) is 4.88. The van der Waals surface area contributed by atoms with E-state index in [0.29, 0.717) is 12.3 Å². The Morgan fingerprint density at radius 2 is 1.88 bits per heavy atom. The van der Waals surface area contributed by atoms with Crippen molar-refractivity contribution in [1.82, 2.24) is 5.32 Å². The number of nitrogens with one attached hydrogen (secondary N) is 1. The summed E-state index contributed by atoms with van der Waals surface area (Å²) in [5.74, 6) is -0.438. The molecule has 24 heavy (non-hydrogen) atoms.